The van der Waals surface area contributed by atoms with E-state index in [4.69, 9.17) is 14.9 Å². The standard InChI is InChI=1S/C9H17NO3/c11-6-8(7-12)5-10-9(13-8)3-1-2-4-9/h10-12H,1-7H2. The van der Waals surface area contributed by atoms with Gasteiger partial charge in [0.15, 0.2) is 0 Å². The first-order valence-electron chi connectivity index (χ1n) is 4.91. The third-order valence-corrected chi connectivity index (χ3v) is 3.13. The third-order valence-electron chi connectivity index (χ3n) is 3.13. The molecule has 76 valence electrons. The summed E-state index contributed by atoms with van der Waals surface area (Å²) >= 11 is 0. The summed E-state index contributed by atoms with van der Waals surface area (Å²) in [5, 5.41) is 21.6. The summed E-state index contributed by atoms with van der Waals surface area (Å²) in [6.07, 6.45) is 4.32. The molecule has 1 heterocycles. The molecule has 0 aromatic heterocycles. The second-order valence-corrected chi connectivity index (χ2v) is 4.16. The fraction of sp³-hybridized carbons (Fsp3) is 1.00. The minimum absolute atomic E-state index is 0.113. The van der Waals surface area contributed by atoms with E-state index < -0.39 is 5.60 Å². The molecule has 1 aliphatic carbocycles. The van der Waals surface area contributed by atoms with Crippen LogP contribution in [0.15, 0.2) is 0 Å². The highest BCUT2D eigenvalue weighted by atomic mass is 16.6. The molecule has 0 aromatic carbocycles. The Labute approximate surface area is 77.9 Å². The molecule has 1 aliphatic heterocycles. The minimum atomic E-state index is -0.746. The Hall–Kier alpha value is -0.160. The molecule has 2 aliphatic rings. The van der Waals surface area contributed by atoms with Crippen molar-refractivity contribution < 1.29 is 14.9 Å². The molecular formula is C9H17NO3. The number of hydrogen-bond donors (Lipinski definition) is 3. The maximum absolute atomic E-state index is 9.14. The van der Waals surface area contributed by atoms with Gasteiger partial charge in [0, 0.05) is 6.54 Å². The van der Waals surface area contributed by atoms with Crippen LogP contribution in [-0.4, -0.2) is 41.3 Å². The Bertz CT molecular complexity index is 181. The third kappa shape index (κ3) is 1.48. The van der Waals surface area contributed by atoms with E-state index in [0.717, 1.165) is 12.8 Å². The molecule has 0 radical (unpaired) electrons. The van der Waals surface area contributed by atoms with Gasteiger partial charge in [-0.1, -0.05) is 0 Å². The second-order valence-electron chi connectivity index (χ2n) is 4.16. The topological polar surface area (TPSA) is 61.7 Å². The number of rotatable bonds is 2. The summed E-state index contributed by atoms with van der Waals surface area (Å²) in [7, 11) is 0. The van der Waals surface area contributed by atoms with Crippen LogP contribution in [0.2, 0.25) is 0 Å². The lowest BCUT2D eigenvalue weighted by atomic mass is 10.1. The van der Waals surface area contributed by atoms with Gasteiger partial charge in [0.1, 0.15) is 11.3 Å². The smallest absolute Gasteiger partial charge is 0.129 e. The van der Waals surface area contributed by atoms with Crippen molar-refractivity contribution in [2.75, 3.05) is 19.8 Å². The number of aliphatic hydroxyl groups is 2. The largest absolute Gasteiger partial charge is 0.393 e. The average molecular weight is 187 g/mol. The summed E-state index contributed by atoms with van der Waals surface area (Å²) in [6.45, 7) is 0.330. The van der Waals surface area contributed by atoms with Crippen molar-refractivity contribution in [3.05, 3.63) is 0 Å². The predicted molar refractivity (Wildman–Crippen MR) is 47.2 cm³/mol. The van der Waals surface area contributed by atoms with Crippen molar-refractivity contribution in [2.45, 2.75) is 37.0 Å². The summed E-state index contributed by atoms with van der Waals surface area (Å²) in [5.74, 6) is 0. The molecule has 4 nitrogen and oxygen atoms in total. The first kappa shape index (κ1) is 9.40. The van der Waals surface area contributed by atoms with Crippen LogP contribution in [0.3, 0.4) is 0 Å². The lowest BCUT2D eigenvalue weighted by molar-refractivity contribution is -0.141. The molecular weight excluding hydrogens is 170 g/mol. The number of nitrogens with one attached hydrogen (secondary N) is 1. The monoisotopic (exact) mass is 187 g/mol. The van der Waals surface area contributed by atoms with Crippen molar-refractivity contribution in [3.63, 3.8) is 0 Å². The van der Waals surface area contributed by atoms with Crippen molar-refractivity contribution in [1.29, 1.82) is 0 Å². The van der Waals surface area contributed by atoms with E-state index in [1.807, 2.05) is 0 Å². The highest BCUT2D eigenvalue weighted by Crippen LogP contribution is 2.38. The normalized spacial score (nSPS) is 30.0. The fourth-order valence-corrected chi connectivity index (χ4v) is 2.26. The predicted octanol–water partition coefficient (Wildman–Crippen LogP) is -0.400. The summed E-state index contributed by atoms with van der Waals surface area (Å²) in [6, 6.07) is 0. The van der Waals surface area contributed by atoms with Crippen molar-refractivity contribution in [1.82, 2.24) is 5.32 Å². The molecule has 0 amide bonds. The summed E-state index contributed by atoms with van der Waals surface area (Å²) in [5.41, 5.74) is -0.990. The van der Waals surface area contributed by atoms with Crippen LogP contribution in [0.1, 0.15) is 25.7 Å². The van der Waals surface area contributed by atoms with Gasteiger partial charge in [-0.3, -0.25) is 5.32 Å². The summed E-state index contributed by atoms with van der Waals surface area (Å²) in [4.78, 5) is 0. The molecule has 0 unspecified atom stereocenters. The lowest BCUT2D eigenvalue weighted by Crippen LogP contribution is -2.42. The van der Waals surface area contributed by atoms with E-state index in [2.05, 4.69) is 5.32 Å². The Morgan fingerprint density at radius 1 is 1.15 bits per heavy atom. The number of hydrogen-bond acceptors (Lipinski definition) is 4. The van der Waals surface area contributed by atoms with Crippen molar-refractivity contribution in [2.24, 2.45) is 0 Å². The van der Waals surface area contributed by atoms with Gasteiger partial charge in [-0.2, -0.15) is 0 Å². The highest BCUT2D eigenvalue weighted by molar-refractivity contribution is 4.98. The Kier molecular flexibility index (Phi) is 2.32. The van der Waals surface area contributed by atoms with Gasteiger partial charge in [-0.05, 0) is 25.7 Å². The maximum atomic E-state index is 9.14. The van der Waals surface area contributed by atoms with E-state index in [1.54, 1.807) is 0 Å². The number of aliphatic hydroxyl groups excluding tert-OH is 2. The van der Waals surface area contributed by atoms with Gasteiger partial charge in [-0.25, -0.2) is 0 Å². The Morgan fingerprint density at radius 3 is 2.23 bits per heavy atom. The summed E-state index contributed by atoms with van der Waals surface area (Å²) < 4.78 is 5.78. The van der Waals surface area contributed by atoms with Gasteiger partial charge < -0.3 is 14.9 Å². The Morgan fingerprint density at radius 2 is 1.77 bits per heavy atom. The first-order chi connectivity index (χ1) is 6.24. The van der Waals surface area contributed by atoms with Crippen LogP contribution >= 0.6 is 0 Å². The van der Waals surface area contributed by atoms with Gasteiger partial charge in [0.05, 0.1) is 13.2 Å². The lowest BCUT2D eigenvalue weighted by Gasteiger charge is -2.28. The van der Waals surface area contributed by atoms with Gasteiger partial charge in [0.2, 0.25) is 0 Å². The molecule has 0 bridgehead atoms. The zero-order valence-corrected chi connectivity index (χ0v) is 7.75. The zero-order chi connectivity index (χ0) is 9.36. The number of ether oxygens (including phenoxy) is 1. The van der Waals surface area contributed by atoms with Crippen molar-refractivity contribution >= 4 is 0 Å². The van der Waals surface area contributed by atoms with Gasteiger partial charge >= 0.3 is 0 Å². The molecule has 2 rings (SSSR count). The molecule has 1 saturated carbocycles. The second kappa shape index (κ2) is 3.20. The van der Waals surface area contributed by atoms with Crippen LogP contribution in [0.25, 0.3) is 0 Å². The van der Waals surface area contributed by atoms with E-state index >= 15 is 0 Å². The van der Waals surface area contributed by atoms with Crippen molar-refractivity contribution in [3.8, 4) is 0 Å². The minimum Gasteiger partial charge on any atom is -0.393 e. The van der Waals surface area contributed by atoms with Crippen LogP contribution in [0.4, 0.5) is 0 Å². The van der Waals surface area contributed by atoms with E-state index in [-0.39, 0.29) is 18.9 Å². The van der Waals surface area contributed by atoms with Crippen LogP contribution < -0.4 is 5.32 Å². The molecule has 4 heteroatoms. The van der Waals surface area contributed by atoms with Gasteiger partial charge in [-0.15, -0.1) is 0 Å². The Balaban J connectivity index is 2.06. The molecule has 3 N–H and O–H groups in total. The zero-order valence-electron chi connectivity index (χ0n) is 7.75. The van der Waals surface area contributed by atoms with Crippen LogP contribution in [0.5, 0.6) is 0 Å². The van der Waals surface area contributed by atoms with Crippen LogP contribution in [-0.2, 0) is 4.74 Å². The maximum Gasteiger partial charge on any atom is 0.129 e. The van der Waals surface area contributed by atoms with Gasteiger partial charge in [0.25, 0.3) is 0 Å². The molecule has 13 heavy (non-hydrogen) atoms. The molecule has 0 atom stereocenters. The van der Waals surface area contributed by atoms with E-state index in [1.165, 1.54) is 12.8 Å². The van der Waals surface area contributed by atoms with E-state index in [0.29, 0.717) is 6.54 Å². The quantitative estimate of drug-likeness (QED) is 0.550. The molecule has 2 fully saturated rings. The fourth-order valence-electron chi connectivity index (χ4n) is 2.26. The highest BCUT2D eigenvalue weighted by Gasteiger charge is 2.49. The first-order valence-corrected chi connectivity index (χ1v) is 4.91. The molecule has 1 saturated heterocycles. The van der Waals surface area contributed by atoms with E-state index in [9.17, 15) is 0 Å². The SMILES string of the molecule is OCC1(CO)CNC2(CCCC2)O1. The molecule has 0 aromatic rings. The average Bonchev–Trinajstić information content (AvgIpc) is 2.76. The molecule has 1 spiro atoms. The van der Waals surface area contributed by atoms with Crippen LogP contribution in [0, 0.1) is 0 Å².